The second-order valence-electron chi connectivity index (χ2n) is 5.65. The van der Waals surface area contributed by atoms with E-state index in [4.69, 9.17) is 21.1 Å². The summed E-state index contributed by atoms with van der Waals surface area (Å²) in [6.45, 7) is 0.789. The Hall–Kier alpha value is -3.26. The number of ether oxygens (including phenoxy) is 2. The largest absolute Gasteiger partial charge is 0.508 e. The SMILES string of the molecule is O=C(/C=C/c1cc(Cl)c2c(c1)OCCO2)NCc1cc([N+](=O)[O-])ccc1O. The number of nitrogens with zero attached hydrogens (tertiary/aromatic N) is 1. The molecule has 0 saturated carbocycles. The fourth-order valence-electron chi connectivity index (χ4n) is 2.47. The van der Waals surface area contributed by atoms with Gasteiger partial charge in [-0.15, -0.1) is 0 Å². The van der Waals surface area contributed by atoms with Gasteiger partial charge in [-0.3, -0.25) is 14.9 Å². The highest BCUT2D eigenvalue weighted by Gasteiger charge is 2.16. The minimum atomic E-state index is -0.573. The molecule has 0 atom stereocenters. The predicted octanol–water partition coefficient (Wildman–Crippen LogP) is 3.05. The lowest BCUT2D eigenvalue weighted by Crippen LogP contribution is -2.20. The number of nitrogens with one attached hydrogen (secondary N) is 1. The number of carbonyl (C=O) groups is 1. The van der Waals surface area contributed by atoms with Crippen LogP contribution in [0.3, 0.4) is 0 Å². The van der Waals surface area contributed by atoms with Gasteiger partial charge in [-0.05, 0) is 29.8 Å². The third-order valence-corrected chi connectivity index (χ3v) is 4.05. The molecule has 0 fully saturated rings. The summed E-state index contributed by atoms with van der Waals surface area (Å²) in [6.07, 6.45) is 2.84. The van der Waals surface area contributed by atoms with Gasteiger partial charge in [-0.25, -0.2) is 0 Å². The molecular weight excluding hydrogens is 376 g/mol. The maximum absolute atomic E-state index is 12.0. The van der Waals surface area contributed by atoms with Gasteiger partial charge < -0.3 is 19.9 Å². The summed E-state index contributed by atoms with van der Waals surface area (Å²) < 4.78 is 10.9. The standard InChI is InChI=1S/C18H15ClN2O6/c19-14-7-11(8-16-18(14)27-6-5-26-16)1-4-17(23)20-10-12-9-13(21(24)25)2-3-15(12)22/h1-4,7-9,22H,5-6,10H2,(H,20,23)/b4-1+. The Bertz CT molecular complexity index is 928. The van der Waals surface area contributed by atoms with Crippen molar-refractivity contribution in [1.29, 1.82) is 0 Å². The molecule has 1 amide bonds. The molecule has 3 rings (SSSR count). The maximum atomic E-state index is 12.0. The Kier molecular flexibility index (Phi) is 5.46. The van der Waals surface area contributed by atoms with Crippen molar-refractivity contribution >= 4 is 29.3 Å². The number of carbonyl (C=O) groups excluding carboxylic acids is 1. The zero-order valence-electron chi connectivity index (χ0n) is 14.0. The first-order valence-corrected chi connectivity index (χ1v) is 8.33. The summed E-state index contributed by atoms with van der Waals surface area (Å²) in [4.78, 5) is 22.2. The molecule has 1 aliphatic rings. The van der Waals surface area contributed by atoms with E-state index in [-0.39, 0.29) is 23.5 Å². The second-order valence-corrected chi connectivity index (χ2v) is 6.06. The molecule has 0 spiro atoms. The van der Waals surface area contributed by atoms with Gasteiger partial charge in [0.1, 0.15) is 19.0 Å². The molecule has 1 heterocycles. The van der Waals surface area contributed by atoms with E-state index in [2.05, 4.69) is 5.32 Å². The highest BCUT2D eigenvalue weighted by molar-refractivity contribution is 6.32. The molecule has 27 heavy (non-hydrogen) atoms. The van der Waals surface area contributed by atoms with Crippen LogP contribution in [0, 0.1) is 10.1 Å². The fraction of sp³-hybridized carbons (Fsp3) is 0.167. The first kappa shape index (κ1) is 18.5. The topological polar surface area (TPSA) is 111 Å². The van der Waals surface area contributed by atoms with Crippen LogP contribution in [0.5, 0.6) is 17.2 Å². The molecule has 2 aromatic carbocycles. The van der Waals surface area contributed by atoms with Crippen LogP contribution >= 0.6 is 11.6 Å². The number of rotatable bonds is 5. The number of nitro benzene ring substituents is 1. The van der Waals surface area contributed by atoms with Crippen LogP contribution in [-0.4, -0.2) is 29.2 Å². The fourth-order valence-corrected chi connectivity index (χ4v) is 2.74. The van der Waals surface area contributed by atoms with Crippen molar-refractivity contribution in [3.63, 3.8) is 0 Å². The number of halogens is 1. The smallest absolute Gasteiger partial charge is 0.270 e. The molecule has 0 saturated heterocycles. The van der Waals surface area contributed by atoms with Crippen LogP contribution in [0.4, 0.5) is 5.69 Å². The number of non-ortho nitro benzene ring substituents is 1. The van der Waals surface area contributed by atoms with Gasteiger partial charge in [-0.2, -0.15) is 0 Å². The highest BCUT2D eigenvalue weighted by atomic mass is 35.5. The van der Waals surface area contributed by atoms with Crippen molar-refractivity contribution in [2.75, 3.05) is 13.2 Å². The van der Waals surface area contributed by atoms with Crippen LogP contribution < -0.4 is 14.8 Å². The third kappa shape index (κ3) is 4.48. The van der Waals surface area contributed by atoms with E-state index >= 15 is 0 Å². The Labute approximate surface area is 159 Å². The monoisotopic (exact) mass is 390 g/mol. The van der Waals surface area contributed by atoms with Gasteiger partial charge in [0.05, 0.1) is 9.95 Å². The third-order valence-electron chi connectivity index (χ3n) is 3.77. The molecule has 140 valence electrons. The normalized spacial score (nSPS) is 12.8. The molecule has 2 N–H and O–H groups in total. The summed E-state index contributed by atoms with van der Waals surface area (Å²) >= 11 is 6.14. The van der Waals surface area contributed by atoms with Crippen LogP contribution in [0.1, 0.15) is 11.1 Å². The van der Waals surface area contributed by atoms with Crippen LogP contribution in [0.25, 0.3) is 6.08 Å². The van der Waals surface area contributed by atoms with Gasteiger partial charge in [-0.1, -0.05) is 11.6 Å². The number of benzene rings is 2. The van der Waals surface area contributed by atoms with Crippen molar-refractivity contribution in [2.45, 2.75) is 6.54 Å². The van der Waals surface area contributed by atoms with Crippen LogP contribution in [-0.2, 0) is 11.3 Å². The zero-order chi connectivity index (χ0) is 19.4. The first-order chi connectivity index (χ1) is 12.9. The van der Waals surface area contributed by atoms with E-state index in [1.165, 1.54) is 24.3 Å². The van der Waals surface area contributed by atoms with E-state index in [9.17, 15) is 20.0 Å². The van der Waals surface area contributed by atoms with Gasteiger partial charge in [0, 0.05) is 30.3 Å². The molecular formula is C18H15ClN2O6. The molecule has 2 aromatic rings. The number of phenols is 1. The zero-order valence-corrected chi connectivity index (χ0v) is 14.7. The Morgan fingerprint density at radius 1 is 1.30 bits per heavy atom. The van der Waals surface area contributed by atoms with E-state index in [0.29, 0.717) is 35.3 Å². The van der Waals surface area contributed by atoms with Gasteiger partial charge in [0.2, 0.25) is 5.91 Å². The average Bonchev–Trinajstić information content (AvgIpc) is 2.65. The lowest BCUT2D eigenvalue weighted by atomic mass is 10.1. The van der Waals surface area contributed by atoms with Gasteiger partial charge >= 0.3 is 0 Å². The number of nitro groups is 1. The van der Waals surface area contributed by atoms with Crippen molar-refractivity contribution in [1.82, 2.24) is 5.32 Å². The van der Waals surface area contributed by atoms with Crippen molar-refractivity contribution in [2.24, 2.45) is 0 Å². The highest BCUT2D eigenvalue weighted by Crippen LogP contribution is 2.38. The molecule has 0 aromatic heterocycles. The number of phenolic OH excluding ortho intramolecular Hbond substituents is 1. The number of amides is 1. The van der Waals surface area contributed by atoms with Crippen LogP contribution in [0.2, 0.25) is 5.02 Å². The number of hydrogen-bond donors (Lipinski definition) is 2. The number of aromatic hydroxyl groups is 1. The molecule has 0 bridgehead atoms. The molecule has 8 nitrogen and oxygen atoms in total. The maximum Gasteiger partial charge on any atom is 0.270 e. The Morgan fingerprint density at radius 3 is 2.85 bits per heavy atom. The van der Waals surface area contributed by atoms with Crippen molar-refractivity contribution in [3.8, 4) is 17.2 Å². The van der Waals surface area contributed by atoms with E-state index in [1.54, 1.807) is 18.2 Å². The Morgan fingerprint density at radius 2 is 2.07 bits per heavy atom. The van der Waals surface area contributed by atoms with E-state index in [0.717, 1.165) is 0 Å². The summed E-state index contributed by atoms with van der Waals surface area (Å²) in [5.74, 6) is 0.413. The summed E-state index contributed by atoms with van der Waals surface area (Å²) in [6, 6.07) is 6.96. The molecule has 0 radical (unpaired) electrons. The molecule has 0 unspecified atom stereocenters. The van der Waals surface area contributed by atoms with Gasteiger partial charge in [0.15, 0.2) is 11.5 Å². The van der Waals surface area contributed by atoms with Crippen molar-refractivity contribution in [3.05, 3.63) is 62.7 Å². The first-order valence-electron chi connectivity index (χ1n) is 7.95. The second kappa shape index (κ2) is 7.96. The minimum absolute atomic E-state index is 0.0570. The summed E-state index contributed by atoms with van der Waals surface area (Å²) in [7, 11) is 0. The predicted molar refractivity (Wildman–Crippen MR) is 98.1 cm³/mol. The van der Waals surface area contributed by atoms with E-state index < -0.39 is 10.8 Å². The molecule has 0 aliphatic carbocycles. The van der Waals surface area contributed by atoms with E-state index in [1.807, 2.05) is 0 Å². The lowest BCUT2D eigenvalue weighted by Gasteiger charge is -2.19. The lowest BCUT2D eigenvalue weighted by molar-refractivity contribution is -0.384. The van der Waals surface area contributed by atoms with Crippen molar-refractivity contribution < 1.29 is 24.3 Å². The van der Waals surface area contributed by atoms with Gasteiger partial charge in [0.25, 0.3) is 5.69 Å². The quantitative estimate of drug-likeness (QED) is 0.461. The summed E-state index contributed by atoms with van der Waals surface area (Å²) in [5, 5.41) is 23.5. The number of hydrogen-bond acceptors (Lipinski definition) is 6. The minimum Gasteiger partial charge on any atom is -0.508 e. The number of fused-ring (bicyclic) bond motifs is 1. The Balaban J connectivity index is 1.65. The summed E-state index contributed by atoms with van der Waals surface area (Å²) in [5.41, 5.74) is 0.726. The average molecular weight is 391 g/mol. The van der Waals surface area contributed by atoms with Crippen LogP contribution in [0.15, 0.2) is 36.4 Å². The molecule has 1 aliphatic heterocycles. The molecule has 9 heteroatoms.